The number of nitrogens with one attached hydrogen (secondary N) is 1. The SMILES string of the molecule is CC(C)c1cc2n(C)c(C3CCCN3)cc(=O)n2n1. The summed E-state index contributed by atoms with van der Waals surface area (Å²) in [6, 6.07) is 4.03. The average molecular weight is 260 g/mol. The van der Waals surface area contributed by atoms with Gasteiger partial charge in [0.05, 0.1) is 5.69 Å². The molecule has 0 bridgehead atoms. The fraction of sp³-hybridized carbons (Fsp3) is 0.571. The van der Waals surface area contributed by atoms with E-state index in [4.69, 9.17) is 0 Å². The molecule has 19 heavy (non-hydrogen) atoms. The first-order valence-electron chi connectivity index (χ1n) is 6.91. The Morgan fingerprint density at radius 2 is 2.21 bits per heavy atom. The Morgan fingerprint density at radius 1 is 1.42 bits per heavy atom. The molecule has 0 amide bonds. The van der Waals surface area contributed by atoms with E-state index in [2.05, 4.69) is 28.8 Å². The molecule has 5 nitrogen and oxygen atoms in total. The minimum Gasteiger partial charge on any atom is -0.331 e. The zero-order valence-corrected chi connectivity index (χ0v) is 11.7. The van der Waals surface area contributed by atoms with Crippen molar-refractivity contribution < 1.29 is 0 Å². The normalized spacial score (nSPS) is 19.7. The lowest BCUT2D eigenvalue weighted by Crippen LogP contribution is -2.24. The molecule has 0 spiro atoms. The summed E-state index contributed by atoms with van der Waals surface area (Å²) in [7, 11) is 2.01. The molecule has 1 fully saturated rings. The van der Waals surface area contributed by atoms with Gasteiger partial charge in [0.2, 0.25) is 0 Å². The van der Waals surface area contributed by atoms with Gasteiger partial charge in [-0.25, -0.2) is 0 Å². The minimum absolute atomic E-state index is 0.0382. The van der Waals surface area contributed by atoms with Crippen LogP contribution in [0, 0.1) is 0 Å². The topological polar surface area (TPSA) is 51.3 Å². The van der Waals surface area contributed by atoms with Gasteiger partial charge in [-0.15, -0.1) is 0 Å². The van der Waals surface area contributed by atoms with Gasteiger partial charge in [0.1, 0.15) is 5.65 Å². The van der Waals surface area contributed by atoms with E-state index in [9.17, 15) is 4.79 Å². The van der Waals surface area contributed by atoms with Crippen molar-refractivity contribution >= 4 is 5.65 Å². The number of hydrogen-bond acceptors (Lipinski definition) is 3. The highest BCUT2D eigenvalue weighted by molar-refractivity contribution is 5.43. The molecule has 0 aromatic carbocycles. The van der Waals surface area contributed by atoms with Crippen LogP contribution >= 0.6 is 0 Å². The van der Waals surface area contributed by atoms with Crippen LogP contribution in [0.15, 0.2) is 16.9 Å². The third-order valence-electron chi connectivity index (χ3n) is 3.93. The van der Waals surface area contributed by atoms with Gasteiger partial charge in [0.25, 0.3) is 5.56 Å². The quantitative estimate of drug-likeness (QED) is 0.892. The van der Waals surface area contributed by atoms with Crippen LogP contribution in [0.25, 0.3) is 5.65 Å². The van der Waals surface area contributed by atoms with Gasteiger partial charge < -0.3 is 9.88 Å². The average Bonchev–Trinajstić information content (AvgIpc) is 3.01. The largest absolute Gasteiger partial charge is 0.331 e. The molecule has 1 aliphatic heterocycles. The first kappa shape index (κ1) is 12.4. The highest BCUT2D eigenvalue weighted by Crippen LogP contribution is 2.23. The summed E-state index contributed by atoms with van der Waals surface area (Å²) in [6.45, 7) is 5.21. The summed E-state index contributed by atoms with van der Waals surface area (Å²) in [4.78, 5) is 12.2. The Balaban J connectivity index is 2.20. The Labute approximate surface area is 112 Å². The molecule has 0 radical (unpaired) electrons. The van der Waals surface area contributed by atoms with Crippen molar-refractivity contribution in [3.05, 3.63) is 33.9 Å². The van der Waals surface area contributed by atoms with Gasteiger partial charge >= 0.3 is 0 Å². The molecule has 0 aliphatic carbocycles. The van der Waals surface area contributed by atoms with E-state index in [-0.39, 0.29) is 5.56 Å². The van der Waals surface area contributed by atoms with E-state index in [0.717, 1.165) is 30.0 Å². The summed E-state index contributed by atoms with van der Waals surface area (Å²) >= 11 is 0. The van der Waals surface area contributed by atoms with Gasteiger partial charge in [-0.3, -0.25) is 4.79 Å². The smallest absolute Gasteiger partial charge is 0.274 e. The fourth-order valence-electron chi connectivity index (χ4n) is 2.76. The van der Waals surface area contributed by atoms with Gasteiger partial charge in [-0.1, -0.05) is 13.8 Å². The molecule has 3 rings (SSSR count). The Kier molecular flexibility index (Phi) is 2.93. The van der Waals surface area contributed by atoms with Crippen molar-refractivity contribution in [1.82, 2.24) is 19.5 Å². The fourth-order valence-corrected chi connectivity index (χ4v) is 2.76. The number of hydrogen-bond donors (Lipinski definition) is 1. The van der Waals surface area contributed by atoms with Crippen LogP contribution in [0.4, 0.5) is 0 Å². The summed E-state index contributed by atoms with van der Waals surface area (Å²) in [5, 5.41) is 7.85. The van der Waals surface area contributed by atoms with Crippen LogP contribution < -0.4 is 10.9 Å². The van der Waals surface area contributed by atoms with Crippen LogP contribution in [0.5, 0.6) is 0 Å². The molecular weight excluding hydrogens is 240 g/mol. The zero-order chi connectivity index (χ0) is 13.6. The molecule has 0 saturated carbocycles. The van der Waals surface area contributed by atoms with Crippen LogP contribution in [-0.4, -0.2) is 20.7 Å². The second-order valence-electron chi connectivity index (χ2n) is 5.61. The molecule has 1 N–H and O–H groups in total. The summed E-state index contributed by atoms with van der Waals surface area (Å²) in [6.07, 6.45) is 2.26. The lowest BCUT2D eigenvalue weighted by atomic mass is 10.1. The van der Waals surface area contributed by atoms with E-state index in [0.29, 0.717) is 12.0 Å². The Morgan fingerprint density at radius 3 is 2.84 bits per heavy atom. The molecule has 1 unspecified atom stereocenters. The van der Waals surface area contributed by atoms with Crippen LogP contribution in [0.3, 0.4) is 0 Å². The standard InChI is InChI=1S/C14H20N4O/c1-9(2)11-7-13-17(3)12(10-5-4-6-15-10)8-14(19)18(13)16-11/h7-10,15H,4-6H2,1-3H3. The van der Waals surface area contributed by atoms with Gasteiger partial charge in [-0.2, -0.15) is 9.61 Å². The molecule has 3 heterocycles. The predicted molar refractivity (Wildman–Crippen MR) is 74.5 cm³/mol. The van der Waals surface area contributed by atoms with Crippen molar-refractivity contribution in [1.29, 1.82) is 0 Å². The first-order valence-corrected chi connectivity index (χ1v) is 6.91. The Hall–Kier alpha value is -1.62. The van der Waals surface area contributed by atoms with Crippen LogP contribution in [0.2, 0.25) is 0 Å². The third kappa shape index (κ3) is 1.98. The number of nitrogens with zero attached hydrogens (tertiary/aromatic N) is 3. The van der Waals surface area contributed by atoms with E-state index >= 15 is 0 Å². The summed E-state index contributed by atoms with van der Waals surface area (Å²) in [5.74, 6) is 0.326. The second-order valence-corrected chi connectivity index (χ2v) is 5.61. The van der Waals surface area contributed by atoms with Gasteiger partial charge in [0.15, 0.2) is 0 Å². The van der Waals surface area contributed by atoms with Gasteiger partial charge in [0, 0.05) is 30.9 Å². The van der Waals surface area contributed by atoms with Crippen molar-refractivity contribution in [2.75, 3.05) is 6.54 Å². The second kappa shape index (κ2) is 4.49. The van der Waals surface area contributed by atoms with Crippen molar-refractivity contribution in [2.45, 2.75) is 38.6 Å². The molecule has 1 aliphatic rings. The monoisotopic (exact) mass is 260 g/mol. The first-order chi connectivity index (χ1) is 9.08. The summed E-state index contributed by atoms with van der Waals surface area (Å²) < 4.78 is 3.59. The number of fused-ring (bicyclic) bond motifs is 1. The van der Waals surface area contributed by atoms with Crippen molar-refractivity contribution in [3.63, 3.8) is 0 Å². The lowest BCUT2D eigenvalue weighted by Gasteiger charge is -2.16. The third-order valence-corrected chi connectivity index (χ3v) is 3.93. The maximum Gasteiger partial charge on any atom is 0.274 e. The van der Waals surface area contributed by atoms with Crippen LogP contribution in [-0.2, 0) is 7.05 Å². The van der Waals surface area contributed by atoms with E-state index in [1.807, 2.05) is 13.1 Å². The summed E-state index contributed by atoms with van der Waals surface area (Å²) in [5.41, 5.74) is 2.86. The maximum absolute atomic E-state index is 12.2. The minimum atomic E-state index is -0.0382. The molecule has 102 valence electrons. The maximum atomic E-state index is 12.2. The molecule has 1 atom stereocenters. The number of aryl methyl sites for hydroxylation is 1. The number of rotatable bonds is 2. The van der Waals surface area contributed by atoms with E-state index < -0.39 is 0 Å². The molecule has 2 aromatic heterocycles. The van der Waals surface area contributed by atoms with Crippen LogP contribution in [0.1, 0.15) is 50.0 Å². The predicted octanol–water partition coefficient (Wildman–Crippen LogP) is 1.58. The lowest BCUT2D eigenvalue weighted by molar-refractivity contribution is 0.589. The Bertz CT molecular complexity index is 662. The molecule has 5 heteroatoms. The number of aromatic nitrogens is 3. The van der Waals surface area contributed by atoms with E-state index in [1.165, 1.54) is 10.9 Å². The zero-order valence-electron chi connectivity index (χ0n) is 11.7. The molecular formula is C14H20N4O. The van der Waals surface area contributed by atoms with Crippen molar-refractivity contribution in [3.8, 4) is 0 Å². The highest BCUT2D eigenvalue weighted by atomic mass is 16.1. The van der Waals surface area contributed by atoms with Crippen molar-refractivity contribution in [2.24, 2.45) is 7.05 Å². The highest BCUT2D eigenvalue weighted by Gasteiger charge is 2.21. The molecule has 1 saturated heterocycles. The van der Waals surface area contributed by atoms with Gasteiger partial charge in [-0.05, 0) is 25.3 Å². The molecule has 2 aromatic rings. The van der Waals surface area contributed by atoms with E-state index in [1.54, 1.807) is 6.07 Å².